The summed E-state index contributed by atoms with van der Waals surface area (Å²) in [6.07, 6.45) is -5.58. The van der Waals surface area contributed by atoms with Gasteiger partial charge in [0, 0.05) is 12.1 Å². The number of thiazole rings is 1. The molecule has 0 unspecified atom stereocenters. The first-order valence-electron chi connectivity index (χ1n) is 15.6. The summed E-state index contributed by atoms with van der Waals surface area (Å²) < 4.78 is 297. The minimum Gasteiger partial charge on any atom is -0.207 e. The Morgan fingerprint density at radius 3 is 0.984 bits per heavy atom. The van der Waals surface area contributed by atoms with Gasteiger partial charge in [-0.1, -0.05) is 23.5 Å². The molecule has 0 spiro atoms. The van der Waals surface area contributed by atoms with Crippen molar-refractivity contribution in [3.05, 3.63) is 158 Å². The van der Waals surface area contributed by atoms with Gasteiger partial charge in [-0.05, 0) is 6.07 Å². The Morgan fingerprint density at radius 2 is 0.705 bits per heavy atom. The maximum Gasteiger partial charge on any atom is 0.226 e. The summed E-state index contributed by atoms with van der Waals surface area (Å²) in [5.74, 6) is -71.4. The van der Waals surface area contributed by atoms with E-state index in [4.69, 9.17) is 10.5 Å². The van der Waals surface area contributed by atoms with Crippen LogP contribution in [0, 0.1) is 139 Å². The van der Waals surface area contributed by atoms with E-state index in [1.54, 1.807) is 17.4 Å². The number of allylic oxidation sites excluding steroid dienone is 2. The van der Waals surface area contributed by atoms with Crippen LogP contribution in [0.5, 0.6) is 0 Å². The largest absolute Gasteiger partial charge is 0.226 e. The standard InChI is InChI=1S/C24BF20.C12H8N3S/c26-5-1(6(27)14(35)21(42)13(5)34)25(2-7(28)15(36)22(43)16(37)8(2)29,3-9(30)17(38)23(44)18(39)10(3)31)4-11(32)19(40)24(45)20(41)12(4)33;13-7-10(8-14)5-6-15-9-16-12-4-2-1-3-11(12)15/h;1-5,9H,6H2/q-1;+1. The van der Waals surface area contributed by atoms with Gasteiger partial charge in [0.25, 0.3) is 0 Å². The zero-order valence-corrected chi connectivity index (χ0v) is 29.4. The van der Waals surface area contributed by atoms with Crippen molar-refractivity contribution in [2.75, 3.05) is 0 Å². The first-order valence-corrected chi connectivity index (χ1v) is 16.5. The van der Waals surface area contributed by atoms with Crippen LogP contribution in [0.1, 0.15) is 0 Å². The van der Waals surface area contributed by atoms with Crippen LogP contribution in [0.25, 0.3) is 10.2 Å². The molecule has 61 heavy (non-hydrogen) atoms. The zero-order chi connectivity index (χ0) is 45.7. The van der Waals surface area contributed by atoms with Gasteiger partial charge >= 0.3 is 0 Å². The van der Waals surface area contributed by atoms with Crippen LogP contribution in [-0.2, 0) is 6.54 Å². The number of halogens is 20. The van der Waals surface area contributed by atoms with Gasteiger partial charge in [-0.2, -0.15) is 15.1 Å². The number of para-hydroxylation sites is 1. The third-order valence-electron chi connectivity index (χ3n) is 8.92. The van der Waals surface area contributed by atoms with E-state index in [1.807, 2.05) is 40.4 Å². The van der Waals surface area contributed by atoms with E-state index in [1.165, 1.54) is 4.70 Å². The molecule has 0 N–H and O–H groups in total. The fourth-order valence-corrected chi connectivity index (χ4v) is 7.20. The topological polar surface area (TPSA) is 51.5 Å². The van der Waals surface area contributed by atoms with Gasteiger partial charge in [0.1, 0.15) is 75.1 Å². The molecule has 0 bridgehead atoms. The summed E-state index contributed by atoms with van der Waals surface area (Å²) in [5.41, 5.74) is -11.1. The fourth-order valence-electron chi connectivity index (χ4n) is 6.29. The molecule has 0 aliphatic carbocycles. The Balaban J connectivity index is 0.000000366. The summed E-state index contributed by atoms with van der Waals surface area (Å²) in [7, 11) is 0. The Labute approximate surface area is 328 Å². The summed E-state index contributed by atoms with van der Waals surface area (Å²) in [5, 5.41) is 17.2. The molecule has 0 atom stereocenters. The third kappa shape index (κ3) is 6.95. The van der Waals surface area contributed by atoms with Crippen LogP contribution in [0.2, 0.25) is 0 Å². The lowest BCUT2D eigenvalue weighted by Gasteiger charge is -2.44. The lowest BCUT2D eigenvalue weighted by Crippen LogP contribution is -2.81. The van der Waals surface area contributed by atoms with Crippen LogP contribution in [0.4, 0.5) is 87.8 Å². The molecule has 0 radical (unpaired) electrons. The maximum absolute atomic E-state index is 15.4. The average Bonchev–Trinajstić information content (AvgIpc) is 3.67. The highest BCUT2D eigenvalue weighted by Crippen LogP contribution is 2.31. The summed E-state index contributed by atoms with van der Waals surface area (Å²) in [6, 6.07) is 11.8. The maximum atomic E-state index is 15.4. The SMILES string of the molecule is Fc1c(F)c(F)c([B-](c2c(F)c(F)c(F)c(F)c2F)(c2c(F)c(F)c(F)c(F)c2F)c2c(F)c(F)c(F)c(F)c2F)c(F)c1F.N#CC(C#N)=CC[n+]1csc2ccccc21. The van der Waals surface area contributed by atoms with E-state index in [2.05, 4.69) is 6.07 Å². The van der Waals surface area contributed by atoms with E-state index in [0.717, 1.165) is 5.52 Å². The van der Waals surface area contributed by atoms with Gasteiger partial charge in [0.2, 0.25) is 11.0 Å². The predicted molar refractivity (Wildman–Crippen MR) is 171 cm³/mol. The highest BCUT2D eigenvalue weighted by atomic mass is 32.1. The smallest absolute Gasteiger partial charge is 0.207 e. The fraction of sp³-hybridized carbons (Fsp3) is 0.0278. The molecule has 0 aliphatic heterocycles. The second-order valence-corrected chi connectivity index (χ2v) is 12.9. The Kier molecular flexibility index (Phi) is 12.5. The van der Waals surface area contributed by atoms with Crippen LogP contribution < -0.4 is 26.4 Å². The first-order chi connectivity index (χ1) is 28.5. The minimum atomic E-state index is -7.22. The van der Waals surface area contributed by atoms with Crippen molar-refractivity contribution < 1.29 is 92.4 Å². The molecule has 5 aromatic carbocycles. The van der Waals surface area contributed by atoms with Crippen LogP contribution >= 0.6 is 11.3 Å². The molecular formula is C36H8BF20N3S. The van der Waals surface area contributed by atoms with Crippen molar-refractivity contribution in [1.82, 2.24) is 0 Å². The van der Waals surface area contributed by atoms with Crippen molar-refractivity contribution in [2.45, 2.75) is 6.54 Å². The van der Waals surface area contributed by atoms with Crippen molar-refractivity contribution in [2.24, 2.45) is 0 Å². The van der Waals surface area contributed by atoms with E-state index < -0.39 is 144 Å². The highest BCUT2D eigenvalue weighted by Gasteiger charge is 2.52. The van der Waals surface area contributed by atoms with Gasteiger partial charge < -0.3 is 0 Å². The molecule has 6 aromatic rings. The van der Waals surface area contributed by atoms with Crippen molar-refractivity contribution in [3.8, 4) is 12.1 Å². The minimum absolute atomic E-state index is 0.155. The van der Waals surface area contributed by atoms with Crippen LogP contribution in [-0.4, -0.2) is 6.15 Å². The van der Waals surface area contributed by atoms with Gasteiger partial charge in [-0.15, -0.1) is 21.9 Å². The average molecular weight is 905 g/mol. The quantitative estimate of drug-likeness (QED) is 0.0425. The molecule has 3 nitrogen and oxygen atoms in total. The molecular weight excluding hydrogens is 897 g/mol. The zero-order valence-electron chi connectivity index (χ0n) is 28.6. The summed E-state index contributed by atoms with van der Waals surface area (Å²) in [4.78, 5) is 0. The second kappa shape index (κ2) is 16.8. The number of aromatic nitrogens is 1. The van der Waals surface area contributed by atoms with Gasteiger partial charge in [-0.3, -0.25) is 0 Å². The molecule has 6 rings (SSSR count). The van der Waals surface area contributed by atoms with E-state index >= 15 is 35.1 Å². The molecule has 25 heteroatoms. The Hall–Kier alpha value is -6.63. The predicted octanol–water partition coefficient (Wildman–Crippen LogP) is 8.01. The third-order valence-corrected chi connectivity index (χ3v) is 9.88. The molecule has 1 aromatic heterocycles. The Morgan fingerprint density at radius 1 is 0.443 bits per heavy atom. The summed E-state index contributed by atoms with van der Waals surface area (Å²) in [6.45, 7) is 0.556. The number of rotatable bonds is 6. The number of hydrogen-bond acceptors (Lipinski definition) is 3. The normalized spacial score (nSPS) is 11.3. The van der Waals surface area contributed by atoms with E-state index in [-0.39, 0.29) is 5.57 Å². The Bertz CT molecular complexity index is 2540. The summed E-state index contributed by atoms with van der Waals surface area (Å²) >= 11 is 1.65. The van der Waals surface area contributed by atoms with Gasteiger partial charge in [0.05, 0.1) is 0 Å². The van der Waals surface area contributed by atoms with Gasteiger partial charge in [-0.25, -0.2) is 87.8 Å². The lowest BCUT2D eigenvalue weighted by atomic mass is 9.12. The van der Waals surface area contributed by atoms with Crippen molar-refractivity contribution >= 4 is 49.6 Å². The van der Waals surface area contributed by atoms with Gasteiger partial charge in [0.15, 0.2) is 76.4 Å². The molecule has 0 aliphatic rings. The molecule has 0 saturated carbocycles. The van der Waals surface area contributed by atoms with E-state index in [9.17, 15) is 52.7 Å². The molecule has 1 heterocycles. The molecule has 0 saturated heterocycles. The van der Waals surface area contributed by atoms with E-state index in [0.29, 0.717) is 6.54 Å². The monoisotopic (exact) mass is 905 g/mol. The number of nitrogens with zero attached hydrogens (tertiary/aromatic N) is 3. The molecule has 0 amide bonds. The van der Waals surface area contributed by atoms with Crippen molar-refractivity contribution in [1.29, 1.82) is 10.5 Å². The van der Waals surface area contributed by atoms with Crippen LogP contribution in [0.3, 0.4) is 0 Å². The number of fused-ring (bicyclic) bond motifs is 1. The number of hydrogen-bond donors (Lipinski definition) is 0. The number of benzene rings is 5. The molecule has 316 valence electrons. The molecule has 0 fully saturated rings. The van der Waals surface area contributed by atoms with Crippen molar-refractivity contribution in [3.63, 3.8) is 0 Å². The first kappa shape index (κ1) is 45.5. The lowest BCUT2D eigenvalue weighted by molar-refractivity contribution is -0.656. The highest BCUT2D eigenvalue weighted by molar-refractivity contribution is 7.20. The van der Waals surface area contributed by atoms with Crippen LogP contribution in [0.15, 0.2) is 41.4 Å². The second-order valence-electron chi connectivity index (χ2n) is 12.0. The number of nitriles is 2.